The molecule has 0 heterocycles. The third kappa shape index (κ3) is 4.33. The summed E-state index contributed by atoms with van der Waals surface area (Å²) < 4.78 is 0. The maximum Gasteiger partial charge on any atom is 0.115 e. The van der Waals surface area contributed by atoms with E-state index in [1.807, 2.05) is 12.1 Å². The highest BCUT2D eigenvalue weighted by molar-refractivity contribution is 5.30. The van der Waals surface area contributed by atoms with Crippen molar-refractivity contribution < 1.29 is 5.11 Å². The summed E-state index contributed by atoms with van der Waals surface area (Å²) in [6.45, 7) is 9.59. The molecule has 0 aliphatic rings. The lowest BCUT2D eigenvalue weighted by Crippen LogP contribution is -2.18. The Bertz CT molecular complexity index is 581. The van der Waals surface area contributed by atoms with Gasteiger partial charge in [0.15, 0.2) is 0 Å². The first-order valence-electron chi connectivity index (χ1n) is 7.48. The summed E-state index contributed by atoms with van der Waals surface area (Å²) in [6.07, 6.45) is 0. The third-order valence-electron chi connectivity index (χ3n) is 3.80. The average Bonchev–Trinajstić information content (AvgIpc) is 2.44. The molecule has 2 heteroatoms. The first-order valence-corrected chi connectivity index (χ1v) is 7.48. The number of aromatic hydroxyl groups is 1. The van der Waals surface area contributed by atoms with Gasteiger partial charge in [-0.2, -0.15) is 0 Å². The lowest BCUT2D eigenvalue weighted by atomic mass is 9.86. The highest BCUT2D eigenvalue weighted by Gasteiger charge is 2.13. The van der Waals surface area contributed by atoms with Crippen LogP contribution in [0.2, 0.25) is 0 Å². The van der Waals surface area contributed by atoms with Crippen LogP contribution in [0.3, 0.4) is 0 Å². The van der Waals surface area contributed by atoms with E-state index in [-0.39, 0.29) is 11.5 Å². The summed E-state index contributed by atoms with van der Waals surface area (Å²) in [4.78, 5) is 0. The fraction of sp³-hybridized carbons (Fsp3) is 0.368. The Labute approximate surface area is 127 Å². The summed E-state index contributed by atoms with van der Waals surface area (Å²) in [5.74, 6) is 0.316. The molecule has 0 saturated heterocycles. The summed E-state index contributed by atoms with van der Waals surface area (Å²) in [5.41, 5.74) is 3.92. The number of benzene rings is 2. The molecule has 2 aromatic carbocycles. The van der Waals surface area contributed by atoms with Crippen molar-refractivity contribution in [3.8, 4) is 5.75 Å². The van der Waals surface area contributed by atoms with Crippen molar-refractivity contribution in [1.82, 2.24) is 5.32 Å². The predicted octanol–water partition coefficient (Wildman–Crippen LogP) is 4.54. The summed E-state index contributed by atoms with van der Waals surface area (Å²) >= 11 is 0. The van der Waals surface area contributed by atoms with Crippen LogP contribution >= 0.6 is 0 Å². The van der Waals surface area contributed by atoms with Gasteiger partial charge in [-0.3, -0.25) is 0 Å². The average molecular weight is 283 g/mol. The Kier molecular flexibility index (Phi) is 4.69. The molecular weight excluding hydrogens is 258 g/mol. The van der Waals surface area contributed by atoms with Gasteiger partial charge in [-0.25, -0.2) is 0 Å². The minimum atomic E-state index is 0.191. The van der Waals surface area contributed by atoms with Crippen LogP contribution in [0, 0.1) is 0 Å². The van der Waals surface area contributed by atoms with Gasteiger partial charge in [-0.05, 0) is 41.2 Å². The second-order valence-electron chi connectivity index (χ2n) is 6.64. The first kappa shape index (κ1) is 15.6. The van der Waals surface area contributed by atoms with Gasteiger partial charge < -0.3 is 10.4 Å². The molecule has 1 unspecified atom stereocenters. The van der Waals surface area contributed by atoms with Crippen LogP contribution in [0.1, 0.15) is 50.4 Å². The molecular formula is C19H25NO. The fourth-order valence-corrected chi connectivity index (χ4v) is 2.33. The zero-order chi connectivity index (χ0) is 15.5. The SMILES string of the molecule is CC(NCc1cccc(O)c1)c1ccc(C(C)(C)C)cc1. The minimum absolute atomic E-state index is 0.191. The summed E-state index contributed by atoms with van der Waals surface area (Å²) in [7, 11) is 0. The van der Waals surface area contributed by atoms with Gasteiger partial charge in [-0.15, -0.1) is 0 Å². The van der Waals surface area contributed by atoms with Crippen LogP contribution in [-0.4, -0.2) is 5.11 Å². The Morgan fingerprint density at radius 2 is 1.71 bits per heavy atom. The van der Waals surface area contributed by atoms with Gasteiger partial charge >= 0.3 is 0 Å². The van der Waals surface area contributed by atoms with E-state index in [1.54, 1.807) is 12.1 Å². The molecule has 2 rings (SSSR count). The Morgan fingerprint density at radius 1 is 1.05 bits per heavy atom. The lowest BCUT2D eigenvalue weighted by Gasteiger charge is -2.20. The van der Waals surface area contributed by atoms with Crippen LogP contribution in [0.4, 0.5) is 0 Å². The Hall–Kier alpha value is -1.80. The number of nitrogens with one attached hydrogen (secondary N) is 1. The van der Waals surface area contributed by atoms with Crippen LogP contribution in [0.15, 0.2) is 48.5 Å². The van der Waals surface area contributed by atoms with Crippen LogP contribution in [-0.2, 0) is 12.0 Å². The molecule has 2 nitrogen and oxygen atoms in total. The zero-order valence-electron chi connectivity index (χ0n) is 13.4. The van der Waals surface area contributed by atoms with E-state index in [0.29, 0.717) is 5.75 Å². The van der Waals surface area contributed by atoms with Gasteiger partial charge in [0, 0.05) is 12.6 Å². The second-order valence-corrected chi connectivity index (χ2v) is 6.64. The molecule has 2 N–H and O–H groups in total. The summed E-state index contributed by atoms with van der Waals surface area (Å²) in [5, 5.41) is 13.0. The molecule has 0 bridgehead atoms. The maximum atomic E-state index is 9.47. The molecule has 1 atom stereocenters. The van der Waals surface area contributed by atoms with E-state index in [0.717, 1.165) is 12.1 Å². The van der Waals surface area contributed by atoms with E-state index in [2.05, 4.69) is 57.3 Å². The predicted molar refractivity (Wildman–Crippen MR) is 88.5 cm³/mol. The van der Waals surface area contributed by atoms with Crippen molar-refractivity contribution in [2.45, 2.75) is 45.7 Å². The molecule has 0 fully saturated rings. The van der Waals surface area contributed by atoms with Gasteiger partial charge in [0.2, 0.25) is 0 Å². The van der Waals surface area contributed by atoms with Crippen LogP contribution in [0.5, 0.6) is 5.75 Å². The van der Waals surface area contributed by atoms with Crippen molar-refractivity contribution in [2.24, 2.45) is 0 Å². The molecule has 2 aromatic rings. The molecule has 0 saturated carbocycles. The third-order valence-corrected chi connectivity index (χ3v) is 3.80. The van der Waals surface area contributed by atoms with Crippen LogP contribution < -0.4 is 5.32 Å². The van der Waals surface area contributed by atoms with E-state index < -0.39 is 0 Å². The highest BCUT2D eigenvalue weighted by Crippen LogP contribution is 2.24. The largest absolute Gasteiger partial charge is 0.508 e. The van der Waals surface area contributed by atoms with Crippen molar-refractivity contribution in [3.63, 3.8) is 0 Å². The molecule has 0 aromatic heterocycles. The van der Waals surface area contributed by atoms with Gasteiger partial charge in [-0.1, -0.05) is 57.2 Å². The topological polar surface area (TPSA) is 32.3 Å². The summed E-state index contributed by atoms with van der Waals surface area (Å²) in [6, 6.07) is 16.5. The van der Waals surface area contributed by atoms with Gasteiger partial charge in [0.05, 0.1) is 0 Å². The standard InChI is InChI=1S/C19H25NO/c1-14(20-13-15-6-5-7-18(21)12-15)16-8-10-17(11-9-16)19(2,3)4/h5-12,14,20-21H,13H2,1-4H3. The molecule has 0 radical (unpaired) electrons. The minimum Gasteiger partial charge on any atom is -0.508 e. The smallest absolute Gasteiger partial charge is 0.115 e. The molecule has 0 aliphatic carbocycles. The molecule has 0 amide bonds. The highest BCUT2D eigenvalue weighted by atomic mass is 16.3. The number of rotatable bonds is 4. The van der Waals surface area contributed by atoms with Crippen molar-refractivity contribution in [1.29, 1.82) is 0 Å². The second kappa shape index (κ2) is 6.31. The van der Waals surface area contributed by atoms with Crippen molar-refractivity contribution in [3.05, 3.63) is 65.2 Å². The zero-order valence-corrected chi connectivity index (χ0v) is 13.4. The number of hydrogen-bond donors (Lipinski definition) is 2. The van der Waals surface area contributed by atoms with Crippen molar-refractivity contribution in [2.75, 3.05) is 0 Å². The molecule has 0 aliphatic heterocycles. The van der Waals surface area contributed by atoms with E-state index in [9.17, 15) is 5.11 Å². The number of phenolic OH excluding ortho intramolecular Hbond substituents is 1. The Balaban J connectivity index is 1.99. The fourth-order valence-electron chi connectivity index (χ4n) is 2.33. The van der Waals surface area contributed by atoms with E-state index in [4.69, 9.17) is 0 Å². The number of phenols is 1. The van der Waals surface area contributed by atoms with E-state index >= 15 is 0 Å². The quantitative estimate of drug-likeness (QED) is 0.863. The molecule has 0 spiro atoms. The van der Waals surface area contributed by atoms with Gasteiger partial charge in [0.1, 0.15) is 5.75 Å². The van der Waals surface area contributed by atoms with Crippen molar-refractivity contribution >= 4 is 0 Å². The monoisotopic (exact) mass is 283 g/mol. The normalized spacial score (nSPS) is 13.1. The Morgan fingerprint density at radius 3 is 2.29 bits per heavy atom. The molecule has 112 valence electrons. The van der Waals surface area contributed by atoms with E-state index in [1.165, 1.54) is 11.1 Å². The van der Waals surface area contributed by atoms with Crippen LogP contribution in [0.25, 0.3) is 0 Å². The molecule has 21 heavy (non-hydrogen) atoms. The first-order chi connectivity index (χ1) is 9.86. The van der Waals surface area contributed by atoms with Gasteiger partial charge in [0.25, 0.3) is 0 Å². The lowest BCUT2D eigenvalue weighted by molar-refractivity contribution is 0.473. The maximum absolute atomic E-state index is 9.47. The number of hydrogen-bond acceptors (Lipinski definition) is 2.